The van der Waals surface area contributed by atoms with Gasteiger partial charge in [-0.15, -0.1) is 0 Å². The zero-order valence-electron chi connectivity index (χ0n) is 14.2. The van der Waals surface area contributed by atoms with Crippen molar-refractivity contribution in [2.75, 3.05) is 19.6 Å². The molecule has 1 aliphatic rings. The van der Waals surface area contributed by atoms with Crippen LogP contribution in [0, 0.1) is 0 Å². The Morgan fingerprint density at radius 3 is 1.58 bits per heavy atom. The molecule has 0 bridgehead atoms. The van der Waals surface area contributed by atoms with E-state index in [0.29, 0.717) is 10.6 Å². The molecule has 3 atom stereocenters. The van der Waals surface area contributed by atoms with Crippen molar-refractivity contribution in [1.82, 2.24) is 10.3 Å². The Morgan fingerprint density at radius 1 is 0.923 bits per heavy atom. The lowest BCUT2D eigenvalue weighted by molar-refractivity contribution is 0.168. The van der Waals surface area contributed by atoms with Crippen LogP contribution < -0.4 is 27.5 Å². The van der Waals surface area contributed by atoms with Gasteiger partial charge in [0.2, 0.25) is 10.6 Å². The minimum atomic E-state index is -2.15. The lowest BCUT2D eigenvalue weighted by atomic mass is 10.4. The van der Waals surface area contributed by atoms with E-state index < -0.39 is 16.1 Å². The summed E-state index contributed by atoms with van der Waals surface area (Å²) in [5.41, 5.74) is 5.52. The summed E-state index contributed by atoms with van der Waals surface area (Å²) in [4.78, 5) is 17.1. The molecule has 0 amide bonds. The van der Waals surface area contributed by atoms with Crippen molar-refractivity contribution in [3.8, 4) is 0 Å². The molecule has 0 radical (unpaired) electrons. The lowest BCUT2D eigenvalue weighted by Gasteiger charge is -2.28. The number of hydrazine groups is 1. The summed E-state index contributed by atoms with van der Waals surface area (Å²) in [6.45, 7) is 2.60. The zero-order chi connectivity index (χ0) is 19.4. The number of nitrogens with one attached hydrogen (secondary N) is 1. The molecule has 0 aromatic heterocycles. The number of nitrogens with two attached hydrogens (primary N) is 2. The van der Waals surface area contributed by atoms with Gasteiger partial charge in [-0.1, -0.05) is 36.4 Å². The number of rotatable bonds is 2. The predicted molar refractivity (Wildman–Crippen MR) is 104 cm³/mol. The first-order valence-corrected chi connectivity index (χ1v) is 10.2. The van der Waals surface area contributed by atoms with Gasteiger partial charge in [0.25, 0.3) is 0 Å². The van der Waals surface area contributed by atoms with Crippen LogP contribution in [0.5, 0.6) is 0 Å². The first-order valence-electron chi connectivity index (χ1n) is 7.82. The Bertz CT molecular complexity index is 617. The number of piperazine rings is 1. The first-order chi connectivity index (χ1) is 12.4. The van der Waals surface area contributed by atoms with Crippen LogP contribution in [0.1, 0.15) is 0 Å². The minimum Gasteiger partial charge on any atom is -0.314 e. The van der Waals surface area contributed by atoms with Crippen molar-refractivity contribution in [2.24, 2.45) is 11.6 Å². The fourth-order valence-corrected chi connectivity index (χ4v) is 2.71. The number of benzene rings is 2. The maximum absolute atomic E-state index is 10.3. The largest absolute Gasteiger partial charge is 0.546 e. The first kappa shape index (κ1) is 22.4. The summed E-state index contributed by atoms with van der Waals surface area (Å²) in [6, 6.07) is 17.1. The Hall–Kier alpha value is -1.60. The van der Waals surface area contributed by atoms with E-state index in [4.69, 9.17) is 21.4 Å². The zero-order valence-corrected chi connectivity index (χ0v) is 16.0. The van der Waals surface area contributed by atoms with E-state index in [2.05, 4.69) is 5.32 Å². The molecular weight excluding hydrogens is 374 g/mol. The summed E-state index contributed by atoms with van der Waals surface area (Å²) in [5, 5.41) is 5.73. The summed E-state index contributed by atoms with van der Waals surface area (Å²) in [7, 11) is -4.29. The van der Waals surface area contributed by atoms with Crippen LogP contribution in [-0.2, 0) is 9.13 Å². The van der Waals surface area contributed by atoms with E-state index in [1.54, 1.807) is 53.5 Å². The van der Waals surface area contributed by atoms with Gasteiger partial charge < -0.3 is 11.1 Å². The molecule has 3 rings (SSSR count). The predicted octanol–water partition coefficient (Wildman–Crippen LogP) is 0.143. The van der Waals surface area contributed by atoms with Crippen molar-refractivity contribution in [2.45, 2.75) is 6.17 Å². The molecule has 1 aliphatic heterocycles. The second kappa shape index (κ2) is 12.7. The fraction of sp³-hybridized carbons (Fsp3) is 0.250. The Morgan fingerprint density at radius 2 is 1.35 bits per heavy atom. The summed E-state index contributed by atoms with van der Waals surface area (Å²) in [6.07, 6.45) is 0.00347. The molecular formula is C16H24N4O4P2+2. The van der Waals surface area contributed by atoms with Gasteiger partial charge in [0.1, 0.15) is 0 Å². The molecule has 140 valence electrons. The van der Waals surface area contributed by atoms with Crippen LogP contribution in [0.4, 0.5) is 0 Å². The molecule has 1 saturated heterocycles. The van der Waals surface area contributed by atoms with Gasteiger partial charge in [-0.2, -0.15) is 9.79 Å². The Balaban J connectivity index is 0.000000195. The van der Waals surface area contributed by atoms with Gasteiger partial charge in [-0.3, -0.25) is 5.84 Å². The molecule has 0 saturated carbocycles. The molecule has 2 aromatic carbocycles. The van der Waals surface area contributed by atoms with Gasteiger partial charge in [0.05, 0.1) is 6.17 Å². The van der Waals surface area contributed by atoms with Gasteiger partial charge in [-0.05, 0) is 33.4 Å². The van der Waals surface area contributed by atoms with Crippen LogP contribution in [0.15, 0.2) is 60.7 Å². The highest BCUT2D eigenvalue weighted by atomic mass is 31.1. The second-order valence-electron chi connectivity index (χ2n) is 5.23. The Kier molecular flexibility index (Phi) is 11.0. The topological polar surface area (TPSA) is 142 Å². The second-order valence-corrected chi connectivity index (χ2v) is 7.35. The van der Waals surface area contributed by atoms with E-state index >= 15 is 0 Å². The summed E-state index contributed by atoms with van der Waals surface area (Å²) >= 11 is 0. The molecule has 26 heavy (non-hydrogen) atoms. The van der Waals surface area contributed by atoms with Crippen LogP contribution in [0.3, 0.4) is 0 Å². The third-order valence-electron chi connectivity index (χ3n) is 3.28. The molecule has 7 N–H and O–H groups in total. The monoisotopic (exact) mass is 398 g/mol. The van der Waals surface area contributed by atoms with Crippen LogP contribution in [0.25, 0.3) is 0 Å². The highest BCUT2D eigenvalue weighted by Crippen LogP contribution is 2.11. The van der Waals surface area contributed by atoms with E-state index in [1.807, 2.05) is 12.1 Å². The van der Waals surface area contributed by atoms with Crippen molar-refractivity contribution >= 4 is 26.7 Å². The molecule has 1 fully saturated rings. The summed E-state index contributed by atoms with van der Waals surface area (Å²) < 4.78 is 20.7. The van der Waals surface area contributed by atoms with E-state index in [9.17, 15) is 9.13 Å². The maximum atomic E-state index is 10.3. The third kappa shape index (κ3) is 9.20. The quantitative estimate of drug-likeness (QED) is 0.355. The van der Waals surface area contributed by atoms with Gasteiger partial charge in [0.15, 0.2) is 0 Å². The maximum Gasteiger partial charge on any atom is 0.546 e. The van der Waals surface area contributed by atoms with Crippen LogP contribution in [-0.4, -0.2) is 40.6 Å². The molecule has 0 aliphatic carbocycles. The molecule has 2 aromatic rings. The highest BCUT2D eigenvalue weighted by molar-refractivity contribution is 7.47. The molecule has 1 heterocycles. The highest BCUT2D eigenvalue weighted by Gasteiger charge is 2.14. The van der Waals surface area contributed by atoms with Crippen molar-refractivity contribution in [3.05, 3.63) is 60.7 Å². The molecule has 8 nitrogen and oxygen atoms in total. The molecule has 0 spiro atoms. The van der Waals surface area contributed by atoms with Gasteiger partial charge >= 0.3 is 16.1 Å². The van der Waals surface area contributed by atoms with Gasteiger partial charge in [-0.25, -0.2) is 5.01 Å². The SMILES string of the molecule is NC1CNCCN1N.O=[P+](O)c1ccccc1.O=[P+](O)c1ccccc1. The average molecular weight is 398 g/mol. The van der Waals surface area contributed by atoms with Crippen molar-refractivity contribution in [3.63, 3.8) is 0 Å². The van der Waals surface area contributed by atoms with Gasteiger partial charge in [0, 0.05) is 19.6 Å². The van der Waals surface area contributed by atoms with Crippen molar-refractivity contribution < 1.29 is 18.9 Å². The fourth-order valence-electron chi connectivity index (χ4n) is 1.85. The minimum absolute atomic E-state index is 0.00347. The van der Waals surface area contributed by atoms with E-state index in [0.717, 1.165) is 19.6 Å². The standard InChI is InChI=1S/2C6H5O2P.C4H12N4/c2*7-9(8)6-4-2-1-3-5-6;5-4-3-7-1-2-8(4)6/h2*1-5H;4,7H,1-3,5-6H2/p+2. The molecule has 3 unspecified atom stereocenters. The van der Waals surface area contributed by atoms with Crippen LogP contribution in [0.2, 0.25) is 0 Å². The Labute approximate surface area is 154 Å². The number of nitrogens with zero attached hydrogens (tertiary/aromatic N) is 1. The summed E-state index contributed by atoms with van der Waals surface area (Å²) in [5.74, 6) is 5.45. The number of hydrogen-bond donors (Lipinski definition) is 5. The van der Waals surface area contributed by atoms with E-state index in [-0.39, 0.29) is 6.17 Å². The lowest BCUT2D eigenvalue weighted by Crippen LogP contribution is -2.58. The smallest absolute Gasteiger partial charge is 0.314 e. The van der Waals surface area contributed by atoms with Crippen molar-refractivity contribution in [1.29, 1.82) is 0 Å². The third-order valence-corrected chi connectivity index (χ3v) is 4.76. The molecule has 10 heteroatoms. The van der Waals surface area contributed by atoms with E-state index in [1.165, 1.54) is 0 Å². The van der Waals surface area contributed by atoms with Crippen LogP contribution >= 0.6 is 16.1 Å². The normalized spacial score (nSPS) is 17.8. The number of hydrogen-bond acceptors (Lipinski definition) is 6. The average Bonchev–Trinajstić information content (AvgIpc) is 2.66.